The topological polar surface area (TPSA) is 87.7 Å². The Balaban J connectivity index is 2.00. The monoisotopic (exact) mass is 307 g/mol. The summed E-state index contributed by atoms with van der Waals surface area (Å²) >= 11 is 0. The predicted molar refractivity (Wildman–Crippen MR) is 78.6 cm³/mol. The van der Waals surface area contributed by atoms with E-state index in [1.165, 1.54) is 12.1 Å². The van der Waals surface area contributed by atoms with E-state index in [1.807, 2.05) is 0 Å². The van der Waals surface area contributed by atoms with Crippen LogP contribution in [0.5, 0.6) is 0 Å². The van der Waals surface area contributed by atoms with Crippen LogP contribution in [0.3, 0.4) is 0 Å². The van der Waals surface area contributed by atoms with Gasteiger partial charge in [0.2, 0.25) is 0 Å². The maximum absolute atomic E-state index is 13.5. The van der Waals surface area contributed by atoms with E-state index in [9.17, 15) is 8.60 Å². The SMILES string of the molecule is N/C(=N\O)c1ccc(CNS(=O)c2ccccc2F)cc1. The van der Waals surface area contributed by atoms with Crippen LogP contribution in [0.15, 0.2) is 58.6 Å². The zero-order chi connectivity index (χ0) is 15.2. The van der Waals surface area contributed by atoms with Crippen LogP contribution >= 0.6 is 0 Å². The summed E-state index contributed by atoms with van der Waals surface area (Å²) in [6.45, 7) is 0.303. The Hall–Kier alpha value is -2.25. The normalized spacial score (nSPS) is 13.1. The molecule has 4 N–H and O–H groups in total. The summed E-state index contributed by atoms with van der Waals surface area (Å²) < 4.78 is 28.2. The largest absolute Gasteiger partial charge is 0.409 e. The molecule has 2 aromatic carbocycles. The van der Waals surface area contributed by atoms with Gasteiger partial charge in [-0.3, -0.25) is 0 Å². The molecule has 0 aliphatic heterocycles. The van der Waals surface area contributed by atoms with Crippen LogP contribution in [0.25, 0.3) is 0 Å². The van der Waals surface area contributed by atoms with Crippen molar-refractivity contribution in [1.82, 2.24) is 4.72 Å². The Morgan fingerprint density at radius 1 is 1.24 bits per heavy atom. The lowest BCUT2D eigenvalue weighted by Gasteiger charge is -2.06. The van der Waals surface area contributed by atoms with Crippen molar-refractivity contribution in [3.8, 4) is 0 Å². The molecular weight excluding hydrogens is 293 g/mol. The van der Waals surface area contributed by atoms with Crippen molar-refractivity contribution in [2.24, 2.45) is 10.9 Å². The van der Waals surface area contributed by atoms with E-state index in [-0.39, 0.29) is 10.7 Å². The van der Waals surface area contributed by atoms with Crippen LogP contribution in [0.1, 0.15) is 11.1 Å². The molecule has 0 spiro atoms. The number of hydrogen-bond acceptors (Lipinski definition) is 3. The molecule has 2 aromatic rings. The molecular formula is C14H14FN3O2S. The summed E-state index contributed by atoms with van der Waals surface area (Å²) in [5, 5.41) is 11.5. The van der Waals surface area contributed by atoms with E-state index in [4.69, 9.17) is 10.9 Å². The van der Waals surface area contributed by atoms with Gasteiger partial charge in [-0.05, 0) is 17.7 Å². The van der Waals surface area contributed by atoms with E-state index in [2.05, 4.69) is 9.88 Å². The average molecular weight is 307 g/mol. The highest BCUT2D eigenvalue weighted by Crippen LogP contribution is 2.11. The van der Waals surface area contributed by atoms with Gasteiger partial charge in [0, 0.05) is 12.1 Å². The van der Waals surface area contributed by atoms with Crippen LogP contribution in [0, 0.1) is 5.82 Å². The third-order valence-electron chi connectivity index (χ3n) is 2.80. The molecule has 1 unspecified atom stereocenters. The van der Waals surface area contributed by atoms with E-state index in [0.717, 1.165) is 5.56 Å². The molecule has 0 aromatic heterocycles. The van der Waals surface area contributed by atoms with Crippen molar-refractivity contribution >= 4 is 16.8 Å². The third-order valence-corrected chi connectivity index (χ3v) is 3.94. The highest BCUT2D eigenvalue weighted by molar-refractivity contribution is 7.83. The second kappa shape index (κ2) is 6.96. The Labute approximate surface area is 123 Å². The molecule has 0 aliphatic rings. The van der Waals surface area contributed by atoms with Gasteiger partial charge in [-0.2, -0.15) is 0 Å². The standard InChI is InChI=1S/C14H14FN3O2S/c15-12-3-1-2-4-13(12)21(20)17-9-10-5-7-11(8-6-10)14(16)18-19/h1-8,17,19H,9H2,(H2,16,18). The van der Waals surface area contributed by atoms with Gasteiger partial charge in [-0.1, -0.05) is 41.6 Å². The van der Waals surface area contributed by atoms with Gasteiger partial charge in [0.15, 0.2) is 5.84 Å². The summed E-state index contributed by atoms with van der Waals surface area (Å²) in [4.78, 5) is 0.116. The van der Waals surface area contributed by atoms with Gasteiger partial charge in [0.1, 0.15) is 16.8 Å². The lowest BCUT2D eigenvalue weighted by atomic mass is 10.1. The molecule has 7 heteroatoms. The molecule has 0 aliphatic carbocycles. The Kier molecular flexibility index (Phi) is 5.02. The fourth-order valence-electron chi connectivity index (χ4n) is 1.67. The Morgan fingerprint density at radius 2 is 1.90 bits per heavy atom. The summed E-state index contributed by atoms with van der Waals surface area (Å²) in [5.74, 6) is -0.491. The number of hydrogen-bond donors (Lipinski definition) is 3. The smallest absolute Gasteiger partial charge is 0.170 e. The number of halogens is 1. The molecule has 0 heterocycles. The lowest BCUT2D eigenvalue weighted by Crippen LogP contribution is -2.18. The first-order valence-corrected chi connectivity index (χ1v) is 7.23. The molecule has 0 bridgehead atoms. The van der Waals surface area contributed by atoms with Gasteiger partial charge >= 0.3 is 0 Å². The van der Waals surface area contributed by atoms with Crippen molar-refractivity contribution in [3.63, 3.8) is 0 Å². The van der Waals surface area contributed by atoms with Crippen molar-refractivity contribution in [1.29, 1.82) is 0 Å². The molecule has 0 saturated carbocycles. The number of benzene rings is 2. The number of oxime groups is 1. The third kappa shape index (κ3) is 3.87. The number of rotatable bonds is 5. The number of nitrogens with two attached hydrogens (primary N) is 1. The van der Waals surface area contributed by atoms with Gasteiger partial charge in [0.05, 0.1) is 4.90 Å². The molecule has 0 amide bonds. The van der Waals surface area contributed by atoms with Crippen LogP contribution in [-0.2, 0) is 17.5 Å². The van der Waals surface area contributed by atoms with Gasteiger partial charge in [0.25, 0.3) is 0 Å². The molecule has 0 radical (unpaired) electrons. The maximum Gasteiger partial charge on any atom is 0.170 e. The first kappa shape index (κ1) is 15.1. The van der Waals surface area contributed by atoms with Gasteiger partial charge < -0.3 is 10.9 Å². The van der Waals surface area contributed by atoms with Crippen LogP contribution in [0.2, 0.25) is 0 Å². The zero-order valence-corrected chi connectivity index (χ0v) is 11.8. The first-order chi connectivity index (χ1) is 10.1. The quantitative estimate of drug-likeness (QED) is 0.340. The predicted octanol–water partition coefficient (Wildman–Crippen LogP) is 1.73. The van der Waals surface area contributed by atoms with Crippen LogP contribution < -0.4 is 10.5 Å². The summed E-state index contributed by atoms with van der Waals surface area (Å²) in [6.07, 6.45) is 0. The molecule has 110 valence electrons. The first-order valence-electron chi connectivity index (χ1n) is 6.08. The van der Waals surface area contributed by atoms with E-state index >= 15 is 0 Å². The minimum absolute atomic E-state index is 0.0180. The molecule has 5 nitrogen and oxygen atoms in total. The fraction of sp³-hybridized carbons (Fsp3) is 0.0714. The second-order valence-corrected chi connectivity index (χ2v) is 5.47. The van der Waals surface area contributed by atoms with Crippen molar-refractivity contribution in [2.45, 2.75) is 11.4 Å². The van der Waals surface area contributed by atoms with Crippen molar-refractivity contribution in [3.05, 3.63) is 65.5 Å². The van der Waals surface area contributed by atoms with E-state index < -0.39 is 16.8 Å². The van der Waals surface area contributed by atoms with E-state index in [0.29, 0.717) is 12.1 Å². The molecule has 2 rings (SSSR count). The lowest BCUT2D eigenvalue weighted by molar-refractivity contribution is 0.318. The van der Waals surface area contributed by atoms with Crippen LogP contribution in [0.4, 0.5) is 4.39 Å². The van der Waals surface area contributed by atoms with Gasteiger partial charge in [-0.15, -0.1) is 0 Å². The fourth-order valence-corrected chi connectivity index (χ4v) is 2.57. The average Bonchev–Trinajstić information content (AvgIpc) is 2.52. The second-order valence-electron chi connectivity index (χ2n) is 4.20. The zero-order valence-electron chi connectivity index (χ0n) is 11.0. The number of amidine groups is 1. The molecule has 0 fully saturated rings. The van der Waals surface area contributed by atoms with Gasteiger partial charge in [-0.25, -0.2) is 13.3 Å². The maximum atomic E-state index is 13.5. The molecule has 21 heavy (non-hydrogen) atoms. The molecule has 0 saturated heterocycles. The minimum atomic E-state index is -1.62. The van der Waals surface area contributed by atoms with Crippen LogP contribution in [-0.4, -0.2) is 15.3 Å². The Bertz CT molecular complexity index is 674. The van der Waals surface area contributed by atoms with Crippen molar-refractivity contribution < 1.29 is 13.8 Å². The summed E-state index contributed by atoms with van der Waals surface area (Å²) in [6, 6.07) is 12.8. The van der Waals surface area contributed by atoms with E-state index in [1.54, 1.807) is 36.4 Å². The Morgan fingerprint density at radius 3 is 2.52 bits per heavy atom. The summed E-state index contributed by atoms with van der Waals surface area (Å²) in [7, 11) is -1.62. The molecule has 1 atom stereocenters. The van der Waals surface area contributed by atoms with Crippen molar-refractivity contribution in [2.75, 3.05) is 0 Å². The summed E-state index contributed by atoms with van der Waals surface area (Å²) in [5.41, 5.74) is 6.88. The number of nitrogens with zero attached hydrogens (tertiary/aromatic N) is 1. The highest BCUT2D eigenvalue weighted by atomic mass is 32.2. The highest BCUT2D eigenvalue weighted by Gasteiger charge is 2.08. The number of nitrogens with one attached hydrogen (secondary N) is 1. The minimum Gasteiger partial charge on any atom is -0.409 e.